The van der Waals surface area contributed by atoms with Crippen LogP contribution in [0.1, 0.15) is 13.2 Å². The van der Waals surface area contributed by atoms with Gasteiger partial charge in [-0.15, -0.1) is 0 Å². The summed E-state index contributed by atoms with van der Waals surface area (Å²) in [5, 5.41) is 8.94. The highest BCUT2D eigenvalue weighted by molar-refractivity contribution is 5.23. The van der Waals surface area contributed by atoms with Gasteiger partial charge in [-0.25, -0.2) is 13.6 Å². The molecule has 8 heteroatoms. The third-order valence-electron chi connectivity index (χ3n) is 3.01. The van der Waals surface area contributed by atoms with E-state index in [0.29, 0.717) is 0 Å². The van der Waals surface area contributed by atoms with Crippen molar-refractivity contribution in [2.45, 2.75) is 31.1 Å². The second kappa shape index (κ2) is 4.29. The highest BCUT2D eigenvalue weighted by atomic mass is 19.2. The van der Waals surface area contributed by atoms with Gasteiger partial charge in [0.2, 0.25) is 0 Å². The average molecular weight is 261 g/mol. The summed E-state index contributed by atoms with van der Waals surface area (Å²) in [6.07, 6.45) is -3.70. The van der Waals surface area contributed by atoms with Crippen LogP contribution < -0.4 is 11.4 Å². The van der Waals surface area contributed by atoms with Crippen LogP contribution in [0.25, 0.3) is 0 Å². The summed E-state index contributed by atoms with van der Waals surface area (Å²) in [6, 6.07) is 1.28. The van der Waals surface area contributed by atoms with Crippen LogP contribution >= 0.6 is 0 Å². The van der Waals surface area contributed by atoms with E-state index in [9.17, 15) is 13.6 Å². The number of halogens is 2. The molecule has 0 aliphatic carbocycles. The summed E-state index contributed by atoms with van der Waals surface area (Å²) in [7, 11) is 0. The number of aliphatic hydroxyl groups is 1. The predicted octanol–water partition coefficient (Wildman–Crippen LogP) is -0.219. The van der Waals surface area contributed by atoms with E-state index >= 15 is 0 Å². The summed E-state index contributed by atoms with van der Waals surface area (Å²) < 4.78 is 33.8. The Kier molecular flexibility index (Phi) is 3.07. The molecule has 0 saturated carbocycles. The molecule has 1 aromatic heterocycles. The third kappa shape index (κ3) is 1.87. The normalized spacial score (nSPS) is 35.9. The van der Waals surface area contributed by atoms with Gasteiger partial charge in [-0.3, -0.25) is 4.57 Å². The summed E-state index contributed by atoms with van der Waals surface area (Å²) in [5.74, 6) is -0.0219. The molecule has 1 aromatic rings. The molecule has 0 radical (unpaired) electrons. The van der Waals surface area contributed by atoms with Crippen molar-refractivity contribution in [2.75, 3.05) is 12.3 Å². The summed E-state index contributed by atoms with van der Waals surface area (Å²) in [6.45, 7) is 0.301. The first kappa shape index (κ1) is 12.9. The number of rotatable bonds is 2. The van der Waals surface area contributed by atoms with Crippen LogP contribution in [0.5, 0.6) is 0 Å². The van der Waals surface area contributed by atoms with E-state index in [-0.39, 0.29) is 5.82 Å². The molecule has 0 aromatic carbocycles. The first-order chi connectivity index (χ1) is 8.37. The van der Waals surface area contributed by atoms with Gasteiger partial charge in [0.15, 0.2) is 18.1 Å². The molecule has 0 bridgehead atoms. The molecule has 1 aliphatic rings. The monoisotopic (exact) mass is 261 g/mol. The smallest absolute Gasteiger partial charge is 0.351 e. The van der Waals surface area contributed by atoms with E-state index in [2.05, 4.69) is 4.98 Å². The molecule has 0 amide bonds. The van der Waals surface area contributed by atoms with E-state index in [0.717, 1.165) is 11.5 Å². The van der Waals surface area contributed by atoms with Gasteiger partial charge in [0.1, 0.15) is 11.9 Å². The van der Waals surface area contributed by atoms with Gasteiger partial charge in [0.25, 0.3) is 0 Å². The molecule has 4 unspecified atom stereocenters. The second-order valence-corrected chi connectivity index (χ2v) is 4.29. The maximum atomic E-state index is 14.0. The zero-order valence-corrected chi connectivity index (χ0v) is 9.59. The van der Waals surface area contributed by atoms with Crippen LogP contribution in [0, 0.1) is 0 Å². The van der Waals surface area contributed by atoms with Gasteiger partial charge in [-0.1, -0.05) is 0 Å². The standard InChI is InChI=1S/C10H13F2N3O3/c1-10(12)5(4-16)18-8(7(10)11)15-3-2-6(13)14-9(15)17/h2-3,5,7-8,16H,4H2,1H3,(H2,13,14,17). The van der Waals surface area contributed by atoms with Gasteiger partial charge in [-0.05, 0) is 13.0 Å². The molecule has 6 nitrogen and oxygen atoms in total. The van der Waals surface area contributed by atoms with Crippen LogP contribution in [0.2, 0.25) is 0 Å². The Balaban J connectivity index is 2.38. The number of alkyl halides is 2. The van der Waals surface area contributed by atoms with Crippen molar-refractivity contribution >= 4 is 5.82 Å². The van der Waals surface area contributed by atoms with Crippen LogP contribution in [-0.2, 0) is 4.74 Å². The number of hydrogen-bond donors (Lipinski definition) is 2. The molecule has 100 valence electrons. The number of hydrogen-bond acceptors (Lipinski definition) is 5. The Morgan fingerprint density at radius 3 is 2.89 bits per heavy atom. The SMILES string of the molecule is CC1(F)C(CO)OC(n2ccc(N)nc2=O)C1F. The molecule has 3 N–H and O–H groups in total. The Hall–Kier alpha value is -1.54. The van der Waals surface area contributed by atoms with Gasteiger partial charge >= 0.3 is 5.69 Å². The number of nitrogen functional groups attached to an aromatic ring is 1. The summed E-state index contributed by atoms with van der Waals surface area (Å²) in [4.78, 5) is 14.9. The lowest BCUT2D eigenvalue weighted by molar-refractivity contribution is -0.0531. The van der Waals surface area contributed by atoms with Crippen LogP contribution in [-0.4, -0.2) is 39.2 Å². The zero-order chi connectivity index (χ0) is 13.5. The Morgan fingerprint density at radius 2 is 2.39 bits per heavy atom. The van der Waals surface area contributed by atoms with E-state index in [1.165, 1.54) is 12.3 Å². The Morgan fingerprint density at radius 1 is 1.72 bits per heavy atom. The van der Waals surface area contributed by atoms with Gasteiger partial charge < -0.3 is 15.6 Å². The van der Waals surface area contributed by atoms with Crippen molar-refractivity contribution < 1.29 is 18.6 Å². The van der Waals surface area contributed by atoms with Gasteiger partial charge in [0.05, 0.1) is 6.61 Å². The quantitative estimate of drug-likeness (QED) is 0.768. The van der Waals surface area contributed by atoms with E-state index in [1.807, 2.05) is 0 Å². The van der Waals surface area contributed by atoms with Crippen molar-refractivity contribution in [1.29, 1.82) is 0 Å². The second-order valence-electron chi connectivity index (χ2n) is 4.29. The molecule has 1 saturated heterocycles. The first-order valence-electron chi connectivity index (χ1n) is 5.32. The minimum Gasteiger partial charge on any atom is -0.394 e. The molecular weight excluding hydrogens is 248 g/mol. The van der Waals surface area contributed by atoms with Crippen LogP contribution in [0.15, 0.2) is 17.1 Å². The number of aliphatic hydroxyl groups excluding tert-OH is 1. The minimum atomic E-state index is -2.37. The van der Waals surface area contributed by atoms with Gasteiger partial charge in [-0.2, -0.15) is 4.98 Å². The maximum absolute atomic E-state index is 14.0. The molecule has 1 fully saturated rings. The molecule has 2 rings (SSSR count). The van der Waals surface area contributed by atoms with Crippen molar-refractivity contribution in [2.24, 2.45) is 0 Å². The molecular formula is C10H13F2N3O3. The molecule has 4 atom stereocenters. The lowest BCUT2D eigenvalue weighted by atomic mass is 9.98. The fourth-order valence-corrected chi connectivity index (χ4v) is 1.87. The number of nitrogens with zero attached hydrogens (tertiary/aromatic N) is 2. The largest absolute Gasteiger partial charge is 0.394 e. The van der Waals surface area contributed by atoms with E-state index in [1.54, 1.807) is 0 Å². The van der Waals surface area contributed by atoms with Crippen molar-refractivity contribution in [1.82, 2.24) is 9.55 Å². The Bertz CT molecular complexity index is 505. The fraction of sp³-hybridized carbons (Fsp3) is 0.600. The zero-order valence-electron chi connectivity index (χ0n) is 9.59. The van der Waals surface area contributed by atoms with Crippen molar-refractivity contribution in [3.05, 3.63) is 22.7 Å². The number of nitrogens with two attached hydrogens (primary N) is 1. The summed E-state index contributed by atoms with van der Waals surface area (Å²) >= 11 is 0. The topological polar surface area (TPSA) is 90.4 Å². The minimum absolute atomic E-state index is 0.0219. The van der Waals surface area contributed by atoms with Crippen LogP contribution in [0.4, 0.5) is 14.6 Å². The maximum Gasteiger partial charge on any atom is 0.351 e. The summed E-state index contributed by atoms with van der Waals surface area (Å²) in [5.41, 5.74) is 2.08. The van der Waals surface area contributed by atoms with E-state index in [4.69, 9.17) is 15.6 Å². The molecule has 18 heavy (non-hydrogen) atoms. The molecule has 2 heterocycles. The fourth-order valence-electron chi connectivity index (χ4n) is 1.87. The Labute approximate surface area is 101 Å². The van der Waals surface area contributed by atoms with Crippen LogP contribution in [0.3, 0.4) is 0 Å². The average Bonchev–Trinajstić information content (AvgIpc) is 2.52. The lowest BCUT2D eigenvalue weighted by Crippen LogP contribution is -2.40. The molecule has 1 aliphatic heterocycles. The molecule has 0 spiro atoms. The van der Waals surface area contributed by atoms with Gasteiger partial charge in [0, 0.05) is 6.20 Å². The number of anilines is 1. The lowest BCUT2D eigenvalue weighted by Gasteiger charge is -2.20. The first-order valence-corrected chi connectivity index (χ1v) is 5.32. The third-order valence-corrected chi connectivity index (χ3v) is 3.01. The van der Waals surface area contributed by atoms with Crippen molar-refractivity contribution in [3.63, 3.8) is 0 Å². The predicted molar refractivity (Wildman–Crippen MR) is 58.3 cm³/mol. The number of aromatic nitrogens is 2. The number of ether oxygens (including phenoxy) is 1. The van der Waals surface area contributed by atoms with E-state index < -0.39 is 36.5 Å². The van der Waals surface area contributed by atoms with Crippen molar-refractivity contribution in [3.8, 4) is 0 Å². The highest BCUT2D eigenvalue weighted by Crippen LogP contribution is 2.41. The highest BCUT2D eigenvalue weighted by Gasteiger charge is 2.56.